The monoisotopic (exact) mass is 460 g/mol. The van der Waals surface area contributed by atoms with E-state index in [2.05, 4.69) is 26.0 Å². The van der Waals surface area contributed by atoms with Crippen LogP contribution < -0.4 is 15.4 Å². The first-order valence-corrected chi connectivity index (χ1v) is 10.5. The molecule has 2 N–H and O–H groups in total. The van der Waals surface area contributed by atoms with Gasteiger partial charge in [-0.15, -0.1) is 10.2 Å². The Balaban J connectivity index is 1.44. The highest BCUT2D eigenvalue weighted by molar-refractivity contribution is 6.06. The van der Waals surface area contributed by atoms with Gasteiger partial charge in [-0.3, -0.25) is 9.59 Å². The number of hydrogen-bond donors (Lipinski definition) is 2. The Morgan fingerprint density at radius 1 is 0.971 bits per heavy atom. The largest absolute Gasteiger partial charge is 0.494 e. The number of anilines is 2. The molecule has 1 heterocycles. The van der Waals surface area contributed by atoms with E-state index in [1.54, 1.807) is 54.6 Å². The van der Waals surface area contributed by atoms with Crippen LogP contribution in [0, 0.1) is 5.82 Å². The first-order chi connectivity index (χ1) is 16.5. The highest BCUT2D eigenvalue weighted by Gasteiger charge is 2.16. The molecule has 0 spiro atoms. The molecule has 0 unspecified atom stereocenters. The average molecular weight is 460 g/mol. The van der Waals surface area contributed by atoms with Crippen LogP contribution in [0.2, 0.25) is 0 Å². The van der Waals surface area contributed by atoms with Crippen LogP contribution in [0.4, 0.5) is 15.8 Å². The summed E-state index contributed by atoms with van der Waals surface area (Å²) >= 11 is 0. The van der Waals surface area contributed by atoms with Crippen molar-refractivity contribution in [3.8, 4) is 17.1 Å². The van der Waals surface area contributed by atoms with Gasteiger partial charge in [-0.05, 0) is 60.7 Å². The quantitative estimate of drug-likeness (QED) is 0.414. The molecule has 0 aliphatic heterocycles. The van der Waals surface area contributed by atoms with Gasteiger partial charge in [0.05, 0.1) is 17.9 Å². The second kappa shape index (κ2) is 10.3. The summed E-state index contributed by atoms with van der Waals surface area (Å²) in [5.41, 5.74) is 1.38. The second-order valence-electron chi connectivity index (χ2n) is 7.13. The highest BCUT2D eigenvalue weighted by atomic mass is 19.1. The van der Waals surface area contributed by atoms with Crippen molar-refractivity contribution in [2.75, 3.05) is 17.2 Å². The number of ether oxygens (including phenoxy) is 1. The fourth-order valence-corrected chi connectivity index (χ4v) is 3.17. The predicted molar refractivity (Wildman–Crippen MR) is 124 cm³/mol. The summed E-state index contributed by atoms with van der Waals surface area (Å²) in [4.78, 5) is 26.1. The smallest absolute Gasteiger partial charge is 0.258 e. The third-order valence-electron chi connectivity index (χ3n) is 4.72. The van der Waals surface area contributed by atoms with E-state index in [1.807, 2.05) is 6.92 Å². The van der Waals surface area contributed by atoms with Crippen LogP contribution in [-0.4, -0.2) is 38.6 Å². The number of benzene rings is 3. The number of hydrogen-bond acceptors (Lipinski definition) is 6. The molecule has 0 saturated carbocycles. The Hall–Kier alpha value is -4.60. The summed E-state index contributed by atoms with van der Waals surface area (Å²) in [7, 11) is 0. The maximum Gasteiger partial charge on any atom is 0.258 e. The number of para-hydroxylation sites is 1. The van der Waals surface area contributed by atoms with Crippen LogP contribution in [0.1, 0.15) is 17.3 Å². The first kappa shape index (κ1) is 22.6. The van der Waals surface area contributed by atoms with Crippen LogP contribution in [0.3, 0.4) is 0 Å². The van der Waals surface area contributed by atoms with Gasteiger partial charge >= 0.3 is 0 Å². The van der Waals surface area contributed by atoms with Crippen molar-refractivity contribution in [3.05, 3.63) is 84.2 Å². The van der Waals surface area contributed by atoms with E-state index in [9.17, 15) is 14.0 Å². The number of aromatic nitrogens is 4. The molecule has 0 atom stereocenters. The minimum Gasteiger partial charge on any atom is -0.494 e. The van der Waals surface area contributed by atoms with Crippen molar-refractivity contribution < 1.29 is 18.7 Å². The Morgan fingerprint density at radius 3 is 2.47 bits per heavy atom. The van der Waals surface area contributed by atoms with Crippen molar-refractivity contribution in [3.63, 3.8) is 0 Å². The minimum atomic E-state index is -0.625. The number of nitrogens with one attached hydrogen (secondary N) is 2. The molecular formula is C24H21FN6O3. The van der Waals surface area contributed by atoms with Crippen LogP contribution >= 0.6 is 0 Å². The average Bonchev–Trinajstić information content (AvgIpc) is 3.29. The fourth-order valence-electron chi connectivity index (χ4n) is 3.17. The van der Waals surface area contributed by atoms with Crippen LogP contribution in [-0.2, 0) is 11.3 Å². The van der Waals surface area contributed by atoms with Crippen molar-refractivity contribution in [2.24, 2.45) is 0 Å². The second-order valence-corrected chi connectivity index (χ2v) is 7.13. The molecular weight excluding hydrogens is 439 g/mol. The maximum atomic E-state index is 14.0. The molecule has 0 aliphatic rings. The number of tetrazole rings is 1. The van der Waals surface area contributed by atoms with Crippen LogP contribution in [0.5, 0.6) is 5.75 Å². The number of carbonyl (C=O) groups is 2. The van der Waals surface area contributed by atoms with E-state index in [4.69, 9.17) is 4.74 Å². The summed E-state index contributed by atoms with van der Waals surface area (Å²) in [5.74, 6) is -0.649. The summed E-state index contributed by atoms with van der Waals surface area (Å²) < 4.78 is 19.3. The molecule has 4 aromatic rings. The van der Waals surface area contributed by atoms with Crippen molar-refractivity contribution in [2.45, 2.75) is 13.5 Å². The lowest BCUT2D eigenvalue weighted by Crippen LogP contribution is -2.20. The van der Waals surface area contributed by atoms with E-state index >= 15 is 0 Å². The Labute approximate surface area is 194 Å². The normalized spacial score (nSPS) is 10.5. The molecule has 9 nitrogen and oxygen atoms in total. The van der Waals surface area contributed by atoms with Gasteiger partial charge in [0.25, 0.3) is 5.91 Å². The van der Waals surface area contributed by atoms with Gasteiger partial charge in [-0.1, -0.05) is 24.3 Å². The Kier molecular flexibility index (Phi) is 6.87. The lowest BCUT2D eigenvalue weighted by molar-refractivity contribution is -0.117. The Morgan fingerprint density at radius 2 is 1.71 bits per heavy atom. The van der Waals surface area contributed by atoms with Gasteiger partial charge < -0.3 is 15.4 Å². The molecule has 0 fully saturated rings. The molecule has 172 valence electrons. The third-order valence-corrected chi connectivity index (χ3v) is 4.72. The molecule has 0 aliphatic carbocycles. The number of carbonyl (C=O) groups excluding carboxylic acids is 2. The van der Waals surface area contributed by atoms with Crippen molar-refractivity contribution in [1.29, 1.82) is 0 Å². The summed E-state index contributed by atoms with van der Waals surface area (Å²) in [5, 5.41) is 17.6. The van der Waals surface area contributed by atoms with E-state index < -0.39 is 11.7 Å². The standard InChI is InChI=1S/C24H21FN6O3/c1-2-34-17-13-11-16(12-14-17)26-22(32)15-31-29-23(28-30-31)19-8-4-6-10-21(19)27-24(33)18-7-3-5-9-20(18)25/h3-14H,2,15H2,1H3,(H,26,32)(H,27,33). The lowest BCUT2D eigenvalue weighted by Gasteiger charge is -2.09. The van der Waals surface area contributed by atoms with Crippen LogP contribution in [0.25, 0.3) is 11.4 Å². The molecule has 34 heavy (non-hydrogen) atoms. The van der Waals surface area contributed by atoms with E-state index in [1.165, 1.54) is 18.2 Å². The van der Waals surface area contributed by atoms with Gasteiger partial charge in [-0.25, -0.2) is 4.39 Å². The Bertz CT molecular complexity index is 1310. The van der Waals surface area contributed by atoms with E-state index in [0.29, 0.717) is 29.3 Å². The first-order valence-electron chi connectivity index (χ1n) is 10.5. The molecule has 0 saturated heterocycles. The molecule has 1 aromatic heterocycles. The van der Waals surface area contributed by atoms with Gasteiger partial charge in [0.1, 0.15) is 18.1 Å². The zero-order valence-corrected chi connectivity index (χ0v) is 18.2. The minimum absolute atomic E-state index is 0.0834. The van der Waals surface area contributed by atoms with E-state index in [0.717, 1.165) is 4.80 Å². The van der Waals surface area contributed by atoms with Gasteiger partial charge in [0, 0.05) is 11.3 Å². The highest BCUT2D eigenvalue weighted by Crippen LogP contribution is 2.25. The summed E-state index contributed by atoms with van der Waals surface area (Å²) in [6.45, 7) is 2.29. The van der Waals surface area contributed by atoms with Crippen molar-refractivity contribution in [1.82, 2.24) is 20.2 Å². The third kappa shape index (κ3) is 5.41. The van der Waals surface area contributed by atoms with Gasteiger partial charge in [-0.2, -0.15) is 4.80 Å². The van der Waals surface area contributed by atoms with Crippen LogP contribution in [0.15, 0.2) is 72.8 Å². The topological polar surface area (TPSA) is 111 Å². The maximum absolute atomic E-state index is 14.0. The predicted octanol–water partition coefficient (Wildman–Crippen LogP) is 3.77. The number of rotatable bonds is 8. The summed E-state index contributed by atoms with van der Waals surface area (Å²) in [6, 6.07) is 19.5. The van der Waals surface area contributed by atoms with E-state index in [-0.39, 0.29) is 23.8 Å². The number of amides is 2. The van der Waals surface area contributed by atoms with Gasteiger partial charge in [0.15, 0.2) is 0 Å². The lowest BCUT2D eigenvalue weighted by atomic mass is 10.1. The van der Waals surface area contributed by atoms with Crippen molar-refractivity contribution >= 4 is 23.2 Å². The zero-order chi connectivity index (χ0) is 23.9. The molecule has 10 heteroatoms. The van der Waals surface area contributed by atoms with Gasteiger partial charge in [0.2, 0.25) is 11.7 Å². The molecule has 4 rings (SSSR count). The fraction of sp³-hybridized carbons (Fsp3) is 0.125. The SMILES string of the molecule is CCOc1ccc(NC(=O)Cn2nnc(-c3ccccc3NC(=O)c3ccccc3F)n2)cc1. The number of halogens is 1. The zero-order valence-electron chi connectivity index (χ0n) is 18.2. The molecule has 0 radical (unpaired) electrons. The molecule has 3 aromatic carbocycles. The molecule has 0 bridgehead atoms. The summed E-state index contributed by atoms with van der Waals surface area (Å²) in [6.07, 6.45) is 0. The number of nitrogens with zero attached hydrogens (tertiary/aromatic N) is 4. The molecule has 2 amide bonds.